The van der Waals surface area contributed by atoms with Crippen molar-refractivity contribution >= 4 is 11.8 Å². The highest BCUT2D eigenvalue weighted by Gasteiger charge is 2.15. The molecule has 2 heterocycles. The molecule has 0 aromatic heterocycles. The monoisotopic (exact) mass is 140 g/mol. The normalized spacial score (nSPS) is 24.0. The highest BCUT2D eigenvalue weighted by atomic mass is 32.2. The first kappa shape index (κ1) is 5.42. The second-order valence-corrected chi connectivity index (χ2v) is 3.07. The van der Waals surface area contributed by atoms with Crippen molar-refractivity contribution in [1.29, 1.82) is 0 Å². The van der Waals surface area contributed by atoms with Gasteiger partial charge in [0, 0.05) is 12.2 Å². The largest absolute Gasteiger partial charge is 0.493 e. The third kappa shape index (κ3) is 0.874. The maximum Gasteiger partial charge on any atom is 0.119 e. The third-order valence-corrected chi connectivity index (χ3v) is 2.43. The molecule has 0 bridgehead atoms. The molecule has 9 heavy (non-hydrogen) atoms. The lowest BCUT2D eigenvalue weighted by Crippen LogP contribution is -1.88. The fraction of sp³-hybridized carbons (Fsp3) is 0.429. The number of rotatable bonds is 0. The standard InChI is InChI=1S/C7H8OS/c1-3-8-7-2-4-9-5-6(1)7/h2,4H,1,3,5H2. The van der Waals surface area contributed by atoms with Gasteiger partial charge in [0.05, 0.1) is 6.61 Å². The van der Waals surface area contributed by atoms with Gasteiger partial charge in [-0.25, -0.2) is 0 Å². The summed E-state index contributed by atoms with van der Waals surface area (Å²) in [6, 6.07) is 0. The van der Waals surface area contributed by atoms with Gasteiger partial charge in [-0.2, -0.15) is 0 Å². The lowest BCUT2D eigenvalue weighted by atomic mass is 10.2. The van der Waals surface area contributed by atoms with Crippen molar-refractivity contribution in [2.75, 3.05) is 12.4 Å². The molecule has 2 rings (SSSR count). The smallest absolute Gasteiger partial charge is 0.119 e. The zero-order valence-corrected chi connectivity index (χ0v) is 5.91. The molecule has 0 unspecified atom stereocenters. The molecule has 1 nitrogen and oxygen atoms in total. The van der Waals surface area contributed by atoms with Crippen molar-refractivity contribution in [2.24, 2.45) is 0 Å². The number of allylic oxidation sites excluding steroid dienone is 1. The SMILES string of the molecule is C1=CC2=C(CCO2)CS1. The van der Waals surface area contributed by atoms with Gasteiger partial charge in [0.2, 0.25) is 0 Å². The molecule has 2 heteroatoms. The lowest BCUT2D eigenvalue weighted by Gasteiger charge is -2.03. The van der Waals surface area contributed by atoms with E-state index in [9.17, 15) is 0 Å². The van der Waals surface area contributed by atoms with Crippen molar-refractivity contribution in [3.63, 3.8) is 0 Å². The highest BCUT2D eigenvalue weighted by molar-refractivity contribution is 8.02. The summed E-state index contributed by atoms with van der Waals surface area (Å²) in [4.78, 5) is 0. The summed E-state index contributed by atoms with van der Waals surface area (Å²) >= 11 is 1.85. The first-order valence-electron chi connectivity index (χ1n) is 3.10. The van der Waals surface area contributed by atoms with Crippen LogP contribution in [-0.4, -0.2) is 12.4 Å². The molecular formula is C7H8OS. The van der Waals surface area contributed by atoms with Crippen LogP contribution in [0.5, 0.6) is 0 Å². The van der Waals surface area contributed by atoms with Gasteiger partial charge < -0.3 is 4.74 Å². The van der Waals surface area contributed by atoms with Crippen LogP contribution in [0.25, 0.3) is 0 Å². The Morgan fingerprint density at radius 1 is 1.56 bits per heavy atom. The molecule has 0 saturated carbocycles. The van der Waals surface area contributed by atoms with Crippen molar-refractivity contribution in [3.8, 4) is 0 Å². The van der Waals surface area contributed by atoms with Crippen molar-refractivity contribution in [3.05, 3.63) is 22.8 Å². The zero-order valence-electron chi connectivity index (χ0n) is 5.09. The van der Waals surface area contributed by atoms with E-state index in [-0.39, 0.29) is 0 Å². The van der Waals surface area contributed by atoms with Crippen LogP contribution in [0, 0.1) is 0 Å². The Bertz CT molecular complexity index is 181. The quantitative estimate of drug-likeness (QED) is 0.508. The summed E-state index contributed by atoms with van der Waals surface area (Å²) in [5.74, 6) is 2.28. The average Bonchev–Trinajstić information content (AvgIpc) is 2.33. The van der Waals surface area contributed by atoms with Gasteiger partial charge in [-0.1, -0.05) is 0 Å². The number of hydrogen-bond acceptors (Lipinski definition) is 2. The second-order valence-electron chi connectivity index (χ2n) is 2.18. The van der Waals surface area contributed by atoms with Crippen LogP contribution in [0.2, 0.25) is 0 Å². The van der Waals surface area contributed by atoms with E-state index in [1.807, 2.05) is 11.8 Å². The molecule has 0 fully saturated rings. The van der Waals surface area contributed by atoms with E-state index < -0.39 is 0 Å². The van der Waals surface area contributed by atoms with E-state index in [2.05, 4.69) is 11.5 Å². The molecule has 0 aromatic carbocycles. The molecule has 0 amide bonds. The molecule has 48 valence electrons. The number of hydrogen-bond donors (Lipinski definition) is 0. The number of ether oxygens (including phenoxy) is 1. The summed E-state index contributed by atoms with van der Waals surface area (Å²) in [6.07, 6.45) is 3.21. The van der Waals surface area contributed by atoms with Crippen LogP contribution in [0.15, 0.2) is 22.8 Å². The van der Waals surface area contributed by atoms with Gasteiger partial charge in [-0.05, 0) is 17.1 Å². The van der Waals surface area contributed by atoms with Crippen LogP contribution in [0.3, 0.4) is 0 Å². The molecule has 2 aliphatic heterocycles. The van der Waals surface area contributed by atoms with Gasteiger partial charge in [-0.15, -0.1) is 11.8 Å². The second kappa shape index (κ2) is 2.10. The predicted molar refractivity (Wildman–Crippen MR) is 39.2 cm³/mol. The van der Waals surface area contributed by atoms with Gasteiger partial charge in [0.15, 0.2) is 0 Å². The van der Waals surface area contributed by atoms with Crippen LogP contribution in [0.1, 0.15) is 6.42 Å². The maximum absolute atomic E-state index is 5.34. The third-order valence-electron chi connectivity index (χ3n) is 1.58. The Hall–Kier alpha value is -0.370. The Kier molecular flexibility index (Phi) is 1.27. The summed E-state index contributed by atoms with van der Waals surface area (Å²) in [6.45, 7) is 0.898. The van der Waals surface area contributed by atoms with Crippen LogP contribution < -0.4 is 0 Å². The molecule has 0 aliphatic carbocycles. The molecule has 0 N–H and O–H groups in total. The first-order chi connectivity index (χ1) is 4.47. The van der Waals surface area contributed by atoms with E-state index in [1.54, 1.807) is 0 Å². The zero-order chi connectivity index (χ0) is 6.10. The minimum Gasteiger partial charge on any atom is -0.493 e. The first-order valence-corrected chi connectivity index (χ1v) is 4.15. The molecular weight excluding hydrogens is 132 g/mol. The molecule has 0 atom stereocenters. The van der Waals surface area contributed by atoms with Crippen LogP contribution in [0.4, 0.5) is 0 Å². The van der Waals surface area contributed by atoms with Crippen molar-refractivity contribution in [1.82, 2.24) is 0 Å². The summed E-state index contributed by atoms with van der Waals surface area (Å²) in [5.41, 5.74) is 1.49. The Morgan fingerprint density at radius 3 is 3.44 bits per heavy atom. The fourth-order valence-electron chi connectivity index (χ4n) is 1.08. The minimum atomic E-state index is 0.898. The predicted octanol–water partition coefficient (Wildman–Crippen LogP) is 1.92. The van der Waals surface area contributed by atoms with Crippen molar-refractivity contribution < 1.29 is 4.74 Å². The Balaban J connectivity index is 2.28. The van der Waals surface area contributed by atoms with E-state index >= 15 is 0 Å². The summed E-state index contributed by atoms with van der Waals surface area (Å²) in [7, 11) is 0. The Labute approximate surface area is 58.8 Å². The van der Waals surface area contributed by atoms with E-state index in [1.165, 1.54) is 5.57 Å². The van der Waals surface area contributed by atoms with Crippen molar-refractivity contribution in [2.45, 2.75) is 6.42 Å². The fourth-order valence-corrected chi connectivity index (χ4v) is 1.88. The van der Waals surface area contributed by atoms with Gasteiger partial charge in [0.25, 0.3) is 0 Å². The van der Waals surface area contributed by atoms with E-state index in [4.69, 9.17) is 4.74 Å². The highest BCUT2D eigenvalue weighted by Crippen LogP contribution is 2.28. The Morgan fingerprint density at radius 2 is 2.56 bits per heavy atom. The topological polar surface area (TPSA) is 9.23 Å². The molecule has 0 radical (unpaired) electrons. The number of thioether (sulfide) groups is 1. The van der Waals surface area contributed by atoms with Crippen LogP contribution in [-0.2, 0) is 4.74 Å². The summed E-state index contributed by atoms with van der Waals surface area (Å²) in [5, 5.41) is 2.10. The summed E-state index contributed by atoms with van der Waals surface area (Å²) < 4.78 is 5.34. The maximum atomic E-state index is 5.34. The lowest BCUT2D eigenvalue weighted by molar-refractivity contribution is 0.257. The minimum absolute atomic E-state index is 0.898. The van der Waals surface area contributed by atoms with Gasteiger partial charge in [-0.3, -0.25) is 0 Å². The van der Waals surface area contributed by atoms with Gasteiger partial charge >= 0.3 is 0 Å². The average molecular weight is 140 g/mol. The molecule has 0 aromatic rings. The van der Waals surface area contributed by atoms with E-state index in [0.717, 1.165) is 24.5 Å². The molecule has 2 aliphatic rings. The van der Waals surface area contributed by atoms with Gasteiger partial charge in [0.1, 0.15) is 5.76 Å². The molecule has 0 spiro atoms. The van der Waals surface area contributed by atoms with E-state index in [0.29, 0.717) is 0 Å². The molecule has 0 saturated heterocycles. The van der Waals surface area contributed by atoms with Crippen LogP contribution >= 0.6 is 11.8 Å².